The monoisotopic (exact) mass is 319 g/mol. The first-order valence-electron chi connectivity index (χ1n) is 8.15. The number of nitrogens with two attached hydrogens (primary N) is 1. The lowest BCUT2D eigenvalue weighted by molar-refractivity contribution is -0.00822. The highest BCUT2D eigenvalue weighted by Crippen LogP contribution is 2.36. The Labute approximate surface area is 128 Å². The molecule has 0 unspecified atom stereocenters. The van der Waals surface area contributed by atoms with Gasteiger partial charge in [0, 0.05) is 25.2 Å². The third-order valence-electron chi connectivity index (χ3n) is 4.77. The van der Waals surface area contributed by atoms with Crippen LogP contribution in [0, 0.1) is 11.3 Å². The number of rotatable bonds is 6. The second-order valence-electron chi connectivity index (χ2n) is 6.79. The maximum atomic E-state index is 11.6. The van der Waals surface area contributed by atoms with Gasteiger partial charge in [-0.3, -0.25) is 0 Å². The molecule has 21 heavy (non-hydrogen) atoms. The Balaban J connectivity index is 1.88. The molecule has 0 aromatic rings. The molecule has 0 aromatic heterocycles. The Kier molecular flexibility index (Phi) is 6.47. The smallest absolute Gasteiger partial charge is 0.209 e. The molecule has 1 aliphatic carbocycles. The summed E-state index contributed by atoms with van der Waals surface area (Å²) < 4.78 is 34.5. The van der Waals surface area contributed by atoms with Gasteiger partial charge in [0.25, 0.3) is 0 Å². The molecule has 2 fully saturated rings. The topological polar surface area (TPSA) is 78.6 Å². The minimum atomic E-state index is -3.45. The van der Waals surface area contributed by atoms with Crippen molar-refractivity contribution in [1.29, 1.82) is 0 Å². The van der Waals surface area contributed by atoms with Gasteiger partial charge in [-0.2, -0.15) is 0 Å². The summed E-state index contributed by atoms with van der Waals surface area (Å²) in [7, 11) is -3.45. The molecule has 2 aliphatic rings. The van der Waals surface area contributed by atoms with Crippen molar-refractivity contribution in [3.8, 4) is 0 Å². The summed E-state index contributed by atoms with van der Waals surface area (Å²) in [6, 6.07) is 0. The minimum Gasteiger partial charge on any atom is -0.381 e. The molecule has 2 N–H and O–H groups in total. The van der Waals surface area contributed by atoms with Gasteiger partial charge < -0.3 is 9.47 Å². The van der Waals surface area contributed by atoms with Crippen molar-refractivity contribution in [2.24, 2.45) is 16.5 Å². The third kappa shape index (κ3) is 6.22. The quantitative estimate of drug-likeness (QED) is 0.760. The zero-order valence-electron chi connectivity index (χ0n) is 12.9. The molecule has 0 bridgehead atoms. The fourth-order valence-electron chi connectivity index (χ4n) is 3.59. The molecule has 0 spiro atoms. The summed E-state index contributed by atoms with van der Waals surface area (Å²) in [5.41, 5.74) is -0.269. The van der Waals surface area contributed by atoms with Gasteiger partial charge in [0.2, 0.25) is 10.0 Å². The zero-order chi connectivity index (χ0) is 15.2. The van der Waals surface area contributed by atoms with Crippen LogP contribution in [0.4, 0.5) is 0 Å². The van der Waals surface area contributed by atoms with E-state index in [1.54, 1.807) is 0 Å². The first-order chi connectivity index (χ1) is 9.99. The van der Waals surface area contributed by atoms with Crippen LogP contribution in [0.15, 0.2) is 0 Å². The van der Waals surface area contributed by atoms with E-state index >= 15 is 0 Å². The predicted molar refractivity (Wildman–Crippen MR) is 82.5 cm³/mol. The number of hydrogen-bond donors (Lipinski definition) is 1. The molecule has 1 saturated carbocycles. The van der Waals surface area contributed by atoms with Crippen molar-refractivity contribution >= 4 is 10.0 Å². The third-order valence-corrected chi connectivity index (χ3v) is 5.79. The fraction of sp³-hybridized carbons (Fsp3) is 1.00. The van der Waals surface area contributed by atoms with Gasteiger partial charge >= 0.3 is 0 Å². The molecular formula is C15H29NO4S. The van der Waals surface area contributed by atoms with Crippen LogP contribution in [0.3, 0.4) is 0 Å². The maximum absolute atomic E-state index is 11.6. The molecule has 5 nitrogen and oxygen atoms in total. The van der Waals surface area contributed by atoms with E-state index in [1.165, 1.54) is 12.8 Å². The second kappa shape index (κ2) is 7.90. The van der Waals surface area contributed by atoms with Crippen molar-refractivity contribution in [3.63, 3.8) is 0 Å². The Morgan fingerprint density at radius 2 is 1.71 bits per heavy atom. The molecular weight excluding hydrogens is 290 g/mol. The highest BCUT2D eigenvalue weighted by atomic mass is 32.2. The Bertz CT molecular complexity index is 396. The van der Waals surface area contributed by atoms with Crippen LogP contribution in [-0.4, -0.2) is 40.6 Å². The van der Waals surface area contributed by atoms with Crippen LogP contribution < -0.4 is 5.14 Å². The highest BCUT2D eigenvalue weighted by Gasteiger charge is 2.35. The molecule has 2 rings (SSSR count). The van der Waals surface area contributed by atoms with Crippen LogP contribution in [-0.2, 0) is 19.5 Å². The van der Waals surface area contributed by atoms with Gasteiger partial charge in [0.1, 0.15) is 0 Å². The number of hydrogen-bond acceptors (Lipinski definition) is 4. The van der Waals surface area contributed by atoms with Crippen molar-refractivity contribution in [1.82, 2.24) is 0 Å². The normalized spacial score (nSPS) is 24.6. The van der Waals surface area contributed by atoms with Crippen LogP contribution in [0.2, 0.25) is 0 Å². The molecule has 1 saturated heterocycles. The van der Waals surface area contributed by atoms with Gasteiger partial charge in [0.05, 0.1) is 12.4 Å². The lowest BCUT2D eigenvalue weighted by atomic mass is 9.83. The van der Waals surface area contributed by atoms with Gasteiger partial charge in [-0.1, -0.05) is 25.7 Å². The van der Waals surface area contributed by atoms with Gasteiger partial charge in [-0.05, 0) is 31.6 Å². The van der Waals surface area contributed by atoms with Crippen LogP contribution >= 0.6 is 0 Å². The number of primary sulfonamides is 1. The standard InChI is InChI=1S/C15H29NO4S/c16-21(17,18)13-15(7-3-1-2-4-8-15)12-20-11-14-5-9-19-10-6-14/h14H,1-13H2,(H2,16,17,18). The van der Waals surface area contributed by atoms with Crippen molar-refractivity contribution in [3.05, 3.63) is 0 Å². The first kappa shape index (κ1) is 17.2. The van der Waals surface area contributed by atoms with Gasteiger partial charge in [-0.25, -0.2) is 13.6 Å². The predicted octanol–water partition coefficient (Wildman–Crippen LogP) is 2.06. The summed E-state index contributed by atoms with van der Waals surface area (Å²) in [6.07, 6.45) is 8.45. The Morgan fingerprint density at radius 1 is 1.10 bits per heavy atom. The average Bonchev–Trinajstić information content (AvgIpc) is 2.64. The van der Waals surface area contributed by atoms with E-state index in [9.17, 15) is 8.42 Å². The Morgan fingerprint density at radius 3 is 2.29 bits per heavy atom. The zero-order valence-corrected chi connectivity index (χ0v) is 13.7. The molecule has 1 aliphatic heterocycles. The van der Waals surface area contributed by atoms with E-state index < -0.39 is 10.0 Å². The van der Waals surface area contributed by atoms with Crippen LogP contribution in [0.5, 0.6) is 0 Å². The Hall–Kier alpha value is -0.170. The van der Waals surface area contributed by atoms with Gasteiger partial charge in [-0.15, -0.1) is 0 Å². The molecule has 0 amide bonds. The molecule has 0 aromatic carbocycles. The summed E-state index contributed by atoms with van der Waals surface area (Å²) in [6.45, 7) is 2.88. The molecule has 6 heteroatoms. The summed E-state index contributed by atoms with van der Waals surface area (Å²) >= 11 is 0. The molecule has 124 valence electrons. The molecule has 0 atom stereocenters. The maximum Gasteiger partial charge on any atom is 0.209 e. The van der Waals surface area contributed by atoms with Crippen molar-refractivity contribution in [2.45, 2.75) is 51.4 Å². The molecule has 1 heterocycles. The van der Waals surface area contributed by atoms with E-state index in [1.807, 2.05) is 0 Å². The second-order valence-corrected chi connectivity index (χ2v) is 8.41. The van der Waals surface area contributed by atoms with Crippen LogP contribution in [0.25, 0.3) is 0 Å². The van der Waals surface area contributed by atoms with E-state index in [0.717, 1.165) is 58.3 Å². The fourth-order valence-corrected chi connectivity index (χ4v) is 4.82. The lowest BCUT2D eigenvalue weighted by Crippen LogP contribution is -2.38. The minimum absolute atomic E-state index is 0.0633. The average molecular weight is 319 g/mol. The first-order valence-corrected chi connectivity index (χ1v) is 9.87. The SMILES string of the molecule is NS(=O)(=O)CC1(COCC2CCOCC2)CCCCCC1. The van der Waals surface area contributed by atoms with Gasteiger partial charge in [0.15, 0.2) is 0 Å². The van der Waals surface area contributed by atoms with E-state index in [0.29, 0.717) is 12.5 Å². The lowest BCUT2D eigenvalue weighted by Gasteiger charge is -2.32. The van der Waals surface area contributed by atoms with Crippen LogP contribution in [0.1, 0.15) is 51.4 Å². The van der Waals surface area contributed by atoms with Crippen molar-refractivity contribution in [2.75, 3.05) is 32.2 Å². The summed E-state index contributed by atoms with van der Waals surface area (Å²) in [4.78, 5) is 0. The van der Waals surface area contributed by atoms with Crippen molar-refractivity contribution < 1.29 is 17.9 Å². The van der Waals surface area contributed by atoms with E-state index in [-0.39, 0.29) is 11.2 Å². The number of ether oxygens (including phenoxy) is 2. The number of sulfonamides is 1. The molecule has 0 radical (unpaired) electrons. The summed E-state index contributed by atoms with van der Waals surface area (Å²) in [5, 5.41) is 5.32. The van der Waals surface area contributed by atoms with E-state index in [2.05, 4.69) is 0 Å². The highest BCUT2D eigenvalue weighted by molar-refractivity contribution is 7.89. The summed E-state index contributed by atoms with van der Waals surface area (Å²) in [5.74, 6) is 0.615. The van der Waals surface area contributed by atoms with E-state index in [4.69, 9.17) is 14.6 Å². The largest absolute Gasteiger partial charge is 0.381 e.